The largest absolute Gasteiger partial charge is 0.314 e. The van der Waals surface area contributed by atoms with E-state index in [2.05, 4.69) is 43.3 Å². The lowest BCUT2D eigenvalue weighted by Gasteiger charge is -2.23. The number of fused-ring (bicyclic) bond motifs is 3. The second-order valence-corrected chi connectivity index (χ2v) is 6.54. The average molecular weight is 301 g/mol. The van der Waals surface area contributed by atoms with Crippen LogP contribution in [0, 0.1) is 0 Å². The Morgan fingerprint density at radius 2 is 1.61 bits per heavy atom. The zero-order valence-corrected chi connectivity index (χ0v) is 13.4. The molecule has 0 N–H and O–H groups in total. The highest BCUT2D eigenvalue weighted by atomic mass is 16.2. The summed E-state index contributed by atoms with van der Waals surface area (Å²) in [6.07, 6.45) is 0.725. The van der Waals surface area contributed by atoms with Crippen LogP contribution < -0.4 is 4.90 Å². The van der Waals surface area contributed by atoms with Gasteiger partial charge in [-0.3, -0.25) is 4.79 Å². The predicted octanol–water partition coefficient (Wildman–Crippen LogP) is 4.32. The number of hydrogen-bond donors (Lipinski definition) is 0. The first-order valence-electron chi connectivity index (χ1n) is 7.95. The molecule has 4 rings (SSSR count). The number of carbonyl (C=O) groups is 1. The number of benzene rings is 3. The molecule has 0 fully saturated rings. The van der Waals surface area contributed by atoms with Gasteiger partial charge in [0, 0.05) is 12.4 Å². The SMILES string of the molecule is CN1C(=O)C(C)(Cc2ccccc2)c2ccc3ccccc3c21. The molecule has 0 saturated carbocycles. The van der Waals surface area contributed by atoms with E-state index in [0.29, 0.717) is 0 Å². The van der Waals surface area contributed by atoms with Gasteiger partial charge in [-0.15, -0.1) is 0 Å². The molecule has 0 aromatic heterocycles. The van der Waals surface area contributed by atoms with E-state index in [1.807, 2.05) is 42.3 Å². The molecule has 1 aliphatic rings. The Balaban J connectivity index is 1.91. The second kappa shape index (κ2) is 4.95. The van der Waals surface area contributed by atoms with E-state index in [0.717, 1.165) is 23.1 Å². The number of anilines is 1. The van der Waals surface area contributed by atoms with Gasteiger partial charge in [-0.1, -0.05) is 66.7 Å². The molecule has 1 aliphatic heterocycles. The number of likely N-dealkylation sites (N-methyl/N-ethyl adjacent to an activating group) is 1. The molecule has 3 aromatic carbocycles. The Morgan fingerprint density at radius 3 is 2.39 bits per heavy atom. The summed E-state index contributed by atoms with van der Waals surface area (Å²) in [6.45, 7) is 2.07. The first-order chi connectivity index (χ1) is 11.1. The molecule has 1 atom stereocenters. The van der Waals surface area contributed by atoms with E-state index < -0.39 is 5.41 Å². The van der Waals surface area contributed by atoms with Crippen molar-refractivity contribution in [3.05, 3.63) is 77.9 Å². The van der Waals surface area contributed by atoms with Gasteiger partial charge in [0.25, 0.3) is 0 Å². The van der Waals surface area contributed by atoms with Crippen LogP contribution in [0.5, 0.6) is 0 Å². The Morgan fingerprint density at radius 1 is 0.913 bits per heavy atom. The van der Waals surface area contributed by atoms with Crippen LogP contribution in [0.2, 0.25) is 0 Å². The van der Waals surface area contributed by atoms with Crippen molar-refractivity contribution < 1.29 is 4.79 Å². The summed E-state index contributed by atoms with van der Waals surface area (Å²) >= 11 is 0. The summed E-state index contributed by atoms with van der Waals surface area (Å²) in [5, 5.41) is 2.33. The lowest BCUT2D eigenvalue weighted by Crippen LogP contribution is -2.37. The maximum absolute atomic E-state index is 13.1. The van der Waals surface area contributed by atoms with Gasteiger partial charge < -0.3 is 4.90 Å². The lowest BCUT2D eigenvalue weighted by molar-refractivity contribution is -0.122. The maximum atomic E-state index is 13.1. The van der Waals surface area contributed by atoms with Crippen molar-refractivity contribution in [2.24, 2.45) is 0 Å². The van der Waals surface area contributed by atoms with Gasteiger partial charge in [-0.2, -0.15) is 0 Å². The zero-order valence-electron chi connectivity index (χ0n) is 13.4. The monoisotopic (exact) mass is 301 g/mol. The fourth-order valence-corrected chi connectivity index (χ4v) is 3.82. The fourth-order valence-electron chi connectivity index (χ4n) is 3.82. The van der Waals surface area contributed by atoms with Gasteiger partial charge >= 0.3 is 0 Å². The van der Waals surface area contributed by atoms with Crippen LogP contribution in [-0.4, -0.2) is 13.0 Å². The molecule has 0 aliphatic carbocycles. The standard InChI is InChI=1S/C21H19NO/c1-21(14-15-8-4-3-5-9-15)18-13-12-16-10-6-7-11-17(16)19(18)22(2)20(21)23/h3-13H,14H2,1-2H3. The smallest absolute Gasteiger partial charge is 0.237 e. The summed E-state index contributed by atoms with van der Waals surface area (Å²) < 4.78 is 0. The van der Waals surface area contributed by atoms with Crippen LogP contribution in [0.25, 0.3) is 10.8 Å². The molecule has 1 heterocycles. The van der Waals surface area contributed by atoms with Crippen LogP contribution in [0.15, 0.2) is 66.7 Å². The highest BCUT2D eigenvalue weighted by molar-refractivity contribution is 6.14. The van der Waals surface area contributed by atoms with Crippen molar-refractivity contribution in [3.8, 4) is 0 Å². The van der Waals surface area contributed by atoms with Gasteiger partial charge in [0.05, 0.1) is 11.1 Å². The van der Waals surface area contributed by atoms with Crippen molar-refractivity contribution in [1.82, 2.24) is 0 Å². The fraction of sp³-hybridized carbons (Fsp3) is 0.190. The summed E-state index contributed by atoms with van der Waals surface area (Å²) in [5.74, 6) is 0.174. The van der Waals surface area contributed by atoms with Crippen molar-refractivity contribution in [2.45, 2.75) is 18.8 Å². The third kappa shape index (κ3) is 1.98. The molecule has 2 heteroatoms. The number of nitrogens with zero attached hydrogens (tertiary/aromatic N) is 1. The molecular weight excluding hydrogens is 282 g/mol. The normalized spacial score (nSPS) is 20.1. The van der Waals surface area contributed by atoms with E-state index in [-0.39, 0.29) is 5.91 Å². The Kier molecular flexibility index (Phi) is 3.02. The number of rotatable bonds is 2. The Labute approximate surface area is 136 Å². The van der Waals surface area contributed by atoms with Crippen LogP contribution in [0.4, 0.5) is 5.69 Å². The highest BCUT2D eigenvalue weighted by Crippen LogP contribution is 2.46. The molecule has 0 radical (unpaired) electrons. The molecule has 1 amide bonds. The lowest BCUT2D eigenvalue weighted by atomic mass is 9.78. The zero-order chi connectivity index (χ0) is 16.0. The molecule has 0 saturated heterocycles. The quantitative estimate of drug-likeness (QED) is 0.690. The van der Waals surface area contributed by atoms with Crippen LogP contribution in [0.1, 0.15) is 18.1 Å². The van der Waals surface area contributed by atoms with E-state index in [4.69, 9.17) is 0 Å². The Bertz CT molecular complexity index is 900. The van der Waals surface area contributed by atoms with Gasteiger partial charge in [0.15, 0.2) is 0 Å². The molecule has 0 bridgehead atoms. The number of hydrogen-bond acceptors (Lipinski definition) is 1. The molecule has 114 valence electrons. The van der Waals surface area contributed by atoms with Crippen LogP contribution in [0.3, 0.4) is 0 Å². The maximum Gasteiger partial charge on any atom is 0.237 e. The number of carbonyl (C=O) groups excluding carboxylic acids is 1. The van der Waals surface area contributed by atoms with Gasteiger partial charge in [-0.25, -0.2) is 0 Å². The van der Waals surface area contributed by atoms with Gasteiger partial charge in [-0.05, 0) is 29.9 Å². The summed E-state index contributed by atoms with van der Waals surface area (Å²) in [6, 6.07) is 22.8. The molecular formula is C21H19NO. The van der Waals surface area contributed by atoms with Crippen molar-refractivity contribution in [3.63, 3.8) is 0 Å². The first-order valence-corrected chi connectivity index (χ1v) is 7.95. The third-order valence-electron chi connectivity index (χ3n) is 5.01. The van der Waals surface area contributed by atoms with E-state index >= 15 is 0 Å². The molecule has 1 unspecified atom stereocenters. The minimum absolute atomic E-state index is 0.174. The predicted molar refractivity (Wildman–Crippen MR) is 94.9 cm³/mol. The van der Waals surface area contributed by atoms with Gasteiger partial charge in [0.2, 0.25) is 5.91 Å². The minimum Gasteiger partial charge on any atom is -0.314 e. The third-order valence-corrected chi connectivity index (χ3v) is 5.01. The highest BCUT2D eigenvalue weighted by Gasteiger charge is 2.46. The van der Waals surface area contributed by atoms with Crippen LogP contribution in [-0.2, 0) is 16.6 Å². The first kappa shape index (κ1) is 14.0. The van der Waals surface area contributed by atoms with Crippen LogP contribution >= 0.6 is 0 Å². The molecule has 0 spiro atoms. The van der Waals surface area contributed by atoms with E-state index in [1.165, 1.54) is 10.9 Å². The molecule has 2 nitrogen and oxygen atoms in total. The second-order valence-electron chi connectivity index (χ2n) is 6.54. The van der Waals surface area contributed by atoms with Gasteiger partial charge in [0.1, 0.15) is 0 Å². The van der Waals surface area contributed by atoms with E-state index in [1.54, 1.807) is 0 Å². The number of amides is 1. The van der Waals surface area contributed by atoms with E-state index in [9.17, 15) is 4.79 Å². The average Bonchev–Trinajstić information content (AvgIpc) is 2.78. The van der Waals surface area contributed by atoms with Crippen molar-refractivity contribution in [1.29, 1.82) is 0 Å². The van der Waals surface area contributed by atoms with Crippen molar-refractivity contribution >= 4 is 22.4 Å². The summed E-state index contributed by atoms with van der Waals surface area (Å²) in [4.78, 5) is 14.9. The molecule has 23 heavy (non-hydrogen) atoms. The molecule has 3 aromatic rings. The minimum atomic E-state index is -0.504. The topological polar surface area (TPSA) is 20.3 Å². The Hall–Kier alpha value is -2.61. The summed E-state index contributed by atoms with van der Waals surface area (Å²) in [7, 11) is 1.89. The van der Waals surface area contributed by atoms with Crippen molar-refractivity contribution in [2.75, 3.05) is 11.9 Å². The summed E-state index contributed by atoms with van der Waals surface area (Å²) in [5.41, 5.74) is 2.88.